The van der Waals surface area contributed by atoms with Gasteiger partial charge < -0.3 is 5.32 Å². The van der Waals surface area contributed by atoms with Gasteiger partial charge in [-0.15, -0.1) is 0 Å². The third-order valence-corrected chi connectivity index (χ3v) is 6.92. The van der Waals surface area contributed by atoms with E-state index in [0.717, 1.165) is 16.4 Å². The van der Waals surface area contributed by atoms with Crippen LogP contribution in [0.4, 0.5) is 24.5 Å². The Morgan fingerprint density at radius 3 is 2.32 bits per heavy atom. The van der Waals surface area contributed by atoms with Crippen LogP contribution in [0.1, 0.15) is 5.56 Å². The summed E-state index contributed by atoms with van der Waals surface area (Å²) in [4.78, 5) is 12.7. The summed E-state index contributed by atoms with van der Waals surface area (Å²) < 4.78 is 66.2. The second-order valence-corrected chi connectivity index (χ2v) is 9.00. The summed E-state index contributed by atoms with van der Waals surface area (Å²) in [5.41, 5.74) is 0.182. The molecule has 31 heavy (non-hydrogen) atoms. The van der Waals surface area contributed by atoms with Crippen molar-refractivity contribution in [2.24, 2.45) is 0 Å². The van der Waals surface area contributed by atoms with Gasteiger partial charge in [-0.3, -0.25) is 9.10 Å². The van der Waals surface area contributed by atoms with E-state index in [-0.39, 0.29) is 15.6 Å². The van der Waals surface area contributed by atoms with Gasteiger partial charge in [0, 0.05) is 11.1 Å². The number of amides is 1. The summed E-state index contributed by atoms with van der Waals surface area (Å²) in [5, 5.41) is 2.18. The molecule has 1 heterocycles. The Labute approximate surface area is 181 Å². The van der Waals surface area contributed by atoms with E-state index >= 15 is 0 Å². The highest BCUT2D eigenvalue weighted by atomic mass is 35.5. The first-order valence-electron chi connectivity index (χ1n) is 8.97. The van der Waals surface area contributed by atoms with Crippen LogP contribution in [0, 0.1) is 0 Å². The summed E-state index contributed by atoms with van der Waals surface area (Å²) >= 11 is 5.92. The average molecular weight is 467 g/mol. The molecule has 160 valence electrons. The highest BCUT2D eigenvalue weighted by molar-refractivity contribution is 7.93. The molecule has 3 aromatic carbocycles. The summed E-state index contributed by atoms with van der Waals surface area (Å²) in [6, 6.07) is 15.6. The number of benzene rings is 3. The SMILES string of the molecule is O=C(CN1c2ccccc2-c2ccccc2S1(=O)=O)Nc1cc(C(F)(F)F)ccc1Cl. The monoisotopic (exact) mass is 466 g/mol. The van der Waals surface area contributed by atoms with Gasteiger partial charge >= 0.3 is 6.18 Å². The fraction of sp³-hybridized carbons (Fsp3) is 0.0952. The van der Waals surface area contributed by atoms with Crippen LogP contribution in [0.15, 0.2) is 71.6 Å². The number of anilines is 2. The van der Waals surface area contributed by atoms with E-state index in [1.165, 1.54) is 6.07 Å². The lowest BCUT2D eigenvalue weighted by atomic mass is 10.0. The van der Waals surface area contributed by atoms with Gasteiger partial charge in [0.15, 0.2) is 0 Å². The van der Waals surface area contributed by atoms with Crippen LogP contribution in [0.5, 0.6) is 0 Å². The summed E-state index contributed by atoms with van der Waals surface area (Å²) in [6.07, 6.45) is -4.62. The molecule has 0 radical (unpaired) electrons. The summed E-state index contributed by atoms with van der Waals surface area (Å²) in [5.74, 6) is -0.834. The molecule has 1 aliphatic heterocycles. The quantitative estimate of drug-likeness (QED) is 0.579. The molecule has 0 saturated carbocycles. The number of hydrogen-bond donors (Lipinski definition) is 1. The standard InChI is InChI=1S/C21H14ClF3N2O3S/c22-16-10-9-13(21(23,24)25)11-17(16)26-20(28)12-27-18-7-3-1-5-14(18)15-6-2-4-8-19(15)31(27,29)30/h1-11H,12H2,(H,26,28). The molecule has 0 saturated heterocycles. The Hall–Kier alpha value is -3.04. The Morgan fingerprint density at radius 1 is 0.968 bits per heavy atom. The highest BCUT2D eigenvalue weighted by Gasteiger charge is 2.36. The van der Waals surface area contributed by atoms with Crippen molar-refractivity contribution in [1.29, 1.82) is 0 Å². The molecule has 0 unspecified atom stereocenters. The van der Waals surface area contributed by atoms with E-state index in [1.54, 1.807) is 42.5 Å². The van der Waals surface area contributed by atoms with Gasteiger partial charge in [0.05, 0.1) is 26.9 Å². The van der Waals surface area contributed by atoms with Gasteiger partial charge in [-0.05, 0) is 30.3 Å². The van der Waals surface area contributed by atoms with Crippen molar-refractivity contribution in [3.05, 3.63) is 77.3 Å². The number of carbonyl (C=O) groups excluding carboxylic acids is 1. The molecule has 0 spiro atoms. The lowest BCUT2D eigenvalue weighted by Crippen LogP contribution is -2.40. The van der Waals surface area contributed by atoms with Crippen molar-refractivity contribution in [2.75, 3.05) is 16.2 Å². The van der Waals surface area contributed by atoms with Crippen molar-refractivity contribution >= 4 is 38.9 Å². The number of carbonyl (C=O) groups is 1. The zero-order valence-electron chi connectivity index (χ0n) is 15.7. The fourth-order valence-corrected chi connectivity index (χ4v) is 5.18. The minimum atomic E-state index is -4.62. The number of halogens is 4. The van der Waals surface area contributed by atoms with Crippen molar-refractivity contribution in [1.82, 2.24) is 0 Å². The van der Waals surface area contributed by atoms with E-state index in [9.17, 15) is 26.4 Å². The number of para-hydroxylation sites is 1. The fourth-order valence-electron chi connectivity index (χ4n) is 3.37. The molecular formula is C21H14ClF3N2O3S. The van der Waals surface area contributed by atoms with Crippen LogP contribution < -0.4 is 9.62 Å². The summed E-state index contributed by atoms with van der Waals surface area (Å²) in [7, 11) is -4.07. The maximum Gasteiger partial charge on any atom is 0.416 e. The number of nitrogens with zero attached hydrogens (tertiary/aromatic N) is 1. The molecule has 4 rings (SSSR count). The van der Waals surface area contributed by atoms with Crippen LogP contribution >= 0.6 is 11.6 Å². The minimum Gasteiger partial charge on any atom is -0.323 e. The van der Waals surface area contributed by atoms with Gasteiger partial charge in [0.25, 0.3) is 10.0 Å². The first-order valence-corrected chi connectivity index (χ1v) is 10.8. The average Bonchev–Trinajstić information content (AvgIpc) is 2.72. The van der Waals surface area contributed by atoms with Crippen LogP contribution in [0.3, 0.4) is 0 Å². The maximum atomic E-state index is 13.2. The van der Waals surface area contributed by atoms with Crippen LogP contribution in [0.25, 0.3) is 11.1 Å². The molecule has 0 aliphatic carbocycles. The topological polar surface area (TPSA) is 66.5 Å². The highest BCUT2D eigenvalue weighted by Crippen LogP contribution is 2.42. The van der Waals surface area contributed by atoms with E-state index < -0.39 is 34.2 Å². The number of fused-ring (bicyclic) bond motifs is 3. The minimum absolute atomic E-state index is 0.0404. The number of nitrogens with one attached hydrogen (secondary N) is 1. The number of hydrogen-bond acceptors (Lipinski definition) is 3. The molecule has 10 heteroatoms. The van der Waals surface area contributed by atoms with E-state index in [1.807, 2.05) is 0 Å². The second-order valence-electron chi connectivity index (χ2n) is 6.77. The molecule has 0 atom stereocenters. The molecule has 0 bridgehead atoms. The lowest BCUT2D eigenvalue weighted by Gasteiger charge is -2.31. The number of alkyl halides is 3. The van der Waals surface area contributed by atoms with E-state index in [4.69, 9.17) is 11.6 Å². The van der Waals surface area contributed by atoms with Crippen molar-refractivity contribution < 1.29 is 26.4 Å². The second kappa shape index (κ2) is 7.58. The van der Waals surface area contributed by atoms with Gasteiger partial charge in [-0.2, -0.15) is 13.2 Å². The van der Waals surface area contributed by atoms with E-state index in [0.29, 0.717) is 22.9 Å². The number of sulfonamides is 1. The molecule has 1 aliphatic rings. The molecule has 1 N–H and O–H groups in total. The van der Waals surface area contributed by atoms with Crippen LogP contribution in [0.2, 0.25) is 5.02 Å². The normalized spacial score (nSPS) is 14.5. The predicted molar refractivity (Wildman–Crippen MR) is 111 cm³/mol. The molecule has 1 amide bonds. The summed E-state index contributed by atoms with van der Waals surface area (Å²) in [6.45, 7) is -0.639. The Kier molecular flexibility index (Phi) is 5.18. The smallest absolute Gasteiger partial charge is 0.323 e. The molecule has 3 aromatic rings. The predicted octanol–water partition coefficient (Wildman–Crippen LogP) is 5.17. The Bertz CT molecular complexity index is 1290. The van der Waals surface area contributed by atoms with Crippen molar-refractivity contribution in [3.8, 4) is 11.1 Å². The first kappa shape index (κ1) is 21.2. The molecule has 5 nitrogen and oxygen atoms in total. The largest absolute Gasteiger partial charge is 0.416 e. The zero-order chi connectivity index (χ0) is 22.4. The van der Waals surface area contributed by atoms with Crippen molar-refractivity contribution in [3.63, 3.8) is 0 Å². The molecule has 0 aromatic heterocycles. The van der Waals surface area contributed by atoms with Crippen LogP contribution in [-0.4, -0.2) is 20.9 Å². The van der Waals surface area contributed by atoms with E-state index in [2.05, 4.69) is 5.32 Å². The first-order chi connectivity index (χ1) is 14.6. The zero-order valence-corrected chi connectivity index (χ0v) is 17.2. The van der Waals surface area contributed by atoms with Gasteiger partial charge in [-0.1, -0.05) is 48.0 Å². The third-order valence-electron chi connectivity index (χ3n) is 4.77. The maximum absolute atomic E-state index is 13.2. The number of rotatable bonds is 3. The Morgan fingerprint density at radius 2 is 1.61 bits per heavy atom. The molecule has 0 fully saturated rings. The Balaban J connectivity index is 1.68. The van der Waals surface area contributed by atoms with Crippen LogP contribution in [-0.2, 0) is 21.0 Å². The third kappa shape index (κ3) is 3.86. The molecular weight excluding hydrogens is 453 g/mol. The van der Waals surface area contributed by atoms with Gasteiger partial charge in [-0.25, -0.2) is 8.42 Å². The van der Waals surface area contributed by atoms with Gasteiger partial charge in [0.2, 0.25) is 5.91 Å². The van der Waals surface area contributed by atoms with Crippen molar-refractivity contribution in [2.45, 2.75) is 11.1 Å². The van der Waals surface area contributed by atoms with Gasteiger partial charge in [0.1, 0.15) is 6.54 Å². The lowest BCUT2D eigenvalue weighted by molar-refractivity contribution is -0.137.